The minimum atomic E-state index is -9.79. The Kier molecular flexibility index (Phi) is 9.71. The Balaban J connectivity index is 7.42. The Morgan fingerprint density at radius 1 is 0.386 bits per heavy atom. The van der Waals surface area contributed by atoms with Gasteiger partial charge in [0.15, 0.2) is 0 Å². The maximum Gasteiger partial charge on any atom is 0.445 e. The van der Waals surface area contributed by atoms with Crippen molar-refractivity contribution in [2.24, 2.45) is 0 Å². The Morgan fingerprint density at radius 2 is 0.568 bits per heavy atom. The van der Waals surface area contributed by atoms with Crippen LogP contribution < -0.4 is 0 Å². The molecule has 44 heavy (non-hydrogen) atoms. The number of carboxylic acid groups (broad SMARTS) is 1. The summed E-state index contributed by atoms with van der Waals surface area (Å²) in [6.45, 7) is 0. The molecule has 0 aromatic rings. The summed E-state index contributed by atoms with van der Waals surface area (Å²) in [5.41, 5.74) is -6.41. The molecule has 0 atom stereocenters. The summed E-state index contributed by atoms with van der Waals surface area (Å²) in [6.07, 6.45) is -8.10. The molecular formula is C14HClF26O3. The number of rotatable bonds is 14. The molecule has 0 radical (unpaired) electrons. The Bertz CT molecular complexity index is 1090. The van der Waals surface area contributed by atoms with Crippen LogP contribution in [0.1, 0.15) is 0 Å². The summed E-state index contributed by atoms with van der Waals surface area (Å²) in [6, 6.07) is 0. The quantitative estimate of drug-likeness (QED) is 0.144. The molecule has 264 valence electrons. The second kappa shape index (κ2) is 10.2. The van der Waals surface area contributed by atoms with Crippen LogP contribution in [0.2, 0.25) is 0 Å². The lowest BCUT2D eigenvalue weighted by Crippen LogP contribution is -2.78. The topological polar surface area (TPSA) is 46.5 Å². The molecule has 0 spiro atoms. The molecule has 0 rings (SSSR count). The molecule has 0 bridgehead atoms. The van der Waals surface area contributed by atoms with Crippen molar-refractivity contribution in [2.75, 3.05) is 0 Å². The second-order valence-electron chi connectivity index (χ2n) is 7.69. The minimum absolute atomic E-state index is 1.33. The zero-order valence-electron chi connectivity index (χ0n) is 18.5. The highest BCUT2D eigenvalue weighted by atomic mass is 35.5. The van der Waals surface area contributed by atoms with Gasteiger partial charge in [0.2, 0.25) is 0 Å². The van der Waals surface area contributed by atoms with Crippen LogP contribution >= 0.6 is 11.6 Å². The lowest BCUT2D eigenvalue weighted by atomic mass is 9.84. The summed E-state index contributed by atoms with van der Waals surface area (Å²) < 4.78 is 347. The molecular weight excluding hydrogens is 746 g/mol. The van der Waals surface area contributed by atoms with Crippen LogP contribution in [0.15, 0.2) is 0 Å². The number of hydrogen-bond acceptors (Lipinski definition) is 2. The van der Waals surface area contributed by atoms with E-state index in [2.05, 4.69) is 11.6 Å². The highest BCUT2D eigenvalue weighted by Gasteiger charge is 3.00. The molecule has 0 aromatic heterocycles. The van der Waals surface area contributed by atoms with Crippen LogP contribution in [0, 0.1) is 0 Å². The van der Waals surface area contributed by atoms with Gasteiger partial charge in [0.25, 0.3) is 0 Å². The van der Waals surface area contributed by atoms with Gasteiger partial charge in [0, 0.05) is 0 Å². The number of ether oxygens (including phenoxy) is 1. The minimum Gasteiger partial charge on any atom is -0.477 e. The molecule has 30 heteroatoms. The first-order chi connectivity index (χ1) is 18.4. The predicted octanol–water partition coefficient (Wildman–Crippen LogP) is 8.46. The summed E-state index contributed by atoms with van der Waals surface area (Å²) in [4.78, 5) is 9.92. The maximum atomic E-state index is 13.6. The lowest BCUT2D eigenvalue weighted by Gasteiger charge is -2.45. The first-order valence-electron chi connectivity index (χ1n) is 8.94. The molecule has 0 aliphatic rings. The van der Waals surface area contributed by atoms with E-state index in [-0.39, 0.29) is 0 Å². The number of carbonyl (C=O) groups is 1. The summed E-state index contributed by atoms with van der Waals surface area (Å²) in [7, 11) is 0. The first-order valence-corrected chi connectivity index (χ1v) is 9.32. The van der Waals surface area contributed by atoms with Crippen molar-refractivity contribution in [1.82, 2.24) is 0 Å². The second-order valence-corrected chi connectivity index (χ2v) is 8.13. The summed E-state index contributed by atoms with van der Waals surface area (Å²) in [5.74, 6) is -107. The average Bonchev–Trinajstić information content (AvgIpc) is 2.75. The van der Waals surface area contributed by atoms with Crippen molar-refractivity contribution < 1.29 is 129 Å². The maximum absolute atomic E-state index is 13.6. The van der Waals surface area contributed by atoms with Gasteiger partial charge in [-0.25, -0.2) is 9.53 Å². The smallest absolute Gasteiger partial charge is 0.445 e. The van der Waals surface area contributed by atoms with Gasteiger partial charge in [-0.05, 0) is 11.6 Å². The van der Waals surface area contributed by atoms with Crippen LogP contribution in [0.5, 0.6) is 0 Å². The van der Waals surface area contributed by atoms with Gasteiger partial charge in [0.05, 0.1) is 0 Å². The fourth-order valence-corrected chi connectivity index (χ4v) is 2.40. The van der Waals surface area contributed by atoms with Crippen molar-refractivity contribution in [1.29, 1.82) is 0 Å². The van der Waals surface area contributed by atoms with E-state index in [9.17, 15) is 119 Å². The number of alkyl halides is 27. The highest BCUT2D eigenvalue weighted by Crippen LogP contribution is 2.67. The molecule has 1 N–H and O–H groups in total. The van der Waals surface area contributed by atoms with E-state index in [4.69, 9.17) is 5.11 Å². The number of halogens is 27. The molecule has 0 fully saturated rings. The fourth-order valence-electron chi connectivity index (χ4n) is 2.30. The normalized spacial score (nSPS) is 16.8. The van der Waals surface area contributed by atoms with Gasteiger partial charge >= 0.3 is 82.8 Å². The van der Waals surface area contributed by atoms with Gasteiger partial charge in [-0.1, -0.05) is 0 Å². The zero-order valence-corrected chi connectivity index (χ0v) is 19.2. The molecule has 0 aliphatic carbocycles. The third-order valence-electron chi connectivity index (χ3n) is 4.82. The van der Waals surface area contributed by atoms with E-state index >= 15 is 0 Å². The number of hydrogen-bond donors (Lipinski definition) is 1. The van der Waals surface area contributed by atoms with Crippen molar-refractivity contribution >= 4 is 17.6 Å². The molecule has 0 saturated carbocycles. The fraction of sp³-hybridized carbons (Fsp3) is 0.929. The Labute approximate surface area is 224 Å². The van der Waals surface area contributed by atoms with Crippen LogP contribution in [0.4, 0.5) is 114 Å². The van der Waals surface area contributed by atoms with E-state index in [1.165, 1.54) is 4.74 Å². The van der Waals surface area contributed by atoms with Crippen LogP contribution in [0.3, 0.4) is 0 Å². The van der Waals surface area contributed by atoms with E-state index in [0.717, 1.165) is 0 Å². The molecule has 0 unspecified atom stereocenters. The molecule has 0 heterocycles. The SMILES string of the molecule is O=C(O)C(F)(F)C(F)(F)C(F)(F)C(F)(F)C(F)(F)C(F)(F)C(F)(F)C(F)(F)C(F)(F)C(F)(F)C(F)(F)C(F)(F)OC(F)(F)Cl. The first kappa shape index (κ1) is 41.9. The van der Waals surface area contributed by atoms with E-state index < -0.39 is 82.8 Å². The lowest BCUT2D eigenvalue weighted by molar-refractivity contribution is -0.495. The molecule has 0 amide bonds. The van der Waals surface area contributed by atoms with Gasteiger partial charge in [-0.2, -0.15) is 114 Å². The summed E-state index contributed by atoms with van der Waals surface area (Å²) in [5, 5.41) is 7.67. The zero-order chi connectivity index (χ0) is 36.8. The van der Waals surface area contributed by atoms with E-state index in [0.29, 0.717) is 0 Å². The van der Waals surface area contributed by atoms with Crippen molar-refractivity contribution in [2.45, 2.75) is 76.8 Å². The highest BCUT2D eigenvalue weighted by molar-refractivity contribution is 6.20. The molecule has 3 nitrogen and oxygen atoms in total. The van der Waals surface area contributed by atoms with Gasteiger partial charge in [-0.15, -0.1) is 0 Å². The standard InChI is InChI=1S/C14HClF26O3/c15-14(40,41)44-13(38,39)12(36,37)11(34,35)10(32,33)9(30,31)8(28,29)7(26,27)6(24,25)5(22,23)4(20,21)3(18,19)2(16,17)1(42)43/h(H,42,43). The average molecular weight is 747 g/mol. The largest absolute Gasteiger partial charge is 0.477 e. The molecule has 0 aromatic carbocycles. The van der Waals surface area contributed by atoms with Gasteiger partial charge in [0.1, 0.15) is 0 Å². The van der Waals surface area contributed by atoms with Crippen LogP contribution in [-0.4, -0.2) is 87.9 Å². The monoisotopic (exact) mass is 746 g/mol. The third kappa shape index (κ3) is 5.09. The molecule has 0 saturated heterocycles. The van der Waals surface area contributed by atoms with Crippen LogP contribution in [0.25, 0.3) is 0 Å². The Hall–Kier alpha value is -2.10. The third-order valence-corrected chi connectivity index (χ3v) is 4.90. The van der Waals surface area contributed by atoms with E-state index in [1.807, 2.05) is 0 Å². The van der Waals surface area contributed by atoms with E-state index in [1.54, 1.807) is 0 Å². The van der Waals surface area contributed by atoms with Crippen molar-refractivity contribution in [3.05, 3.63) is 0 Å². The van der Waals surface area contributed by atoms with Crippen molar-refractivity contribution in [3.8, 4) is 0 Å². The van der Waals surface area contributed by atoms with Crippen molar-refractivity contribution in [3.63, 3.8) is 0 Å². The Morgan fingerprint density at radius 3 is 0.750 bits per heavy atom. The number of carboxylic acids is 1. The van der Waals surface area contributed by atoms with Gasteiger partial charge < -0.3 is 5.11 Å². The van der Waals surface area contributed by atoms with Gasteiger partial charge in [-0.3, -0.25) is 0 Å². The van der Waals surface area contributed by atoms with Crippen LogP contribution in [-0.2, 0) is 9.53 Å². The molecule has 0 aliphatic heterocycles. The number of aliphatic carboxylic acids is 1. The predicted molar refractivity (Wildman–Crippen MR) is 78.9 cm³/mol. The summed E-state index contributed by atoms with van der Waals surface area (Å²) >= 11 is 3.40.